The summed E-state index contributed by atoms with van der Waals surface area (Å²) in [6, 6.07) is 9.46. The van der Waals surface area contributed by atoms with Crippen molar-refractivity contribution >= 4 is 11.8 Å². The molecule has 1 aliphatic carbocycles. The van der Waals surface area contributed by atoms with Crippen LogP contribution in [0.2, 0.25) is 0 Å². The van der Waals surface area contributed by atoms with Gasteiger partial charge in [0.2, 0.25) is 17.7 Å². The van der Waals surface area contributed by atoms with Gasteiger partial charge in [-0.25, -0.2) is 8.78 Å². The van der Waals surface area contributed by atoms with Gasteiger partial charge in [-0.1, -0.05) is 30.3 Å². The van der Waals surface area contributed by atoms with Gasteiger partial charge in [0, 0.05) is 44.9 Å². The molecule has 0 unspecified atom stereocenters. The summed E-state index contributed by atoms with van der Waals surface area (Å²) in [6.07, 6.45) is 0.748. The van der Waals surface area contributed by atoms with Gasteiger partial charge in [-0.05, 0) is 24.8 Å². The van der Waals surface area contributed by atoms with Crippen molar-refractivity contribution in [3.8, 4) is 0 Å². The SMILES string of the molecule is NC(=O)[C@H]1CN(C(=O)C2CCC(F)(F)CC2)CCN1CCc1ccccc1. The quantitative estimate of drug-likeness (QED) is 0.852. The Labute approximate surface area is 158 Å². The van der Waals surface area contributed by atoms with E-state index < -0.39 is 17.9 Å². The zero-order valence-electron chi connectivity index (χ0n) is 15.4. The minimum Gasteiger partial charge on any atom is -0.368 e. The molecule has 3 rings (SSSR count). The Morgan fingerprint density at radius 1 is 1.11 bits per heavy atom. The number of piperazine rings is 1. The van der Waals surface area contributed by atoms with Crippen LogP contribution in [-0.2, 0) is 16.0 Å². The van der Waals surface area contributed by atoms with E-state index in [2.05, 4.69) is 0 Å². The molecule has 0 spiro atoms. The molecule has 1 aromatic rings. The van der Waals surface area contributed by atoms with E-state index in [9.17, 15) is 18.4 Å². The summed E-state index contributed by atoms with van der Waals surface area (Å²) in [6.45, 7) is 2.00. The van der Waals surface area contributed by atoms with Crippen LogP contribution in [0.25, 0.3) is 0 Å². The van der Waals surface area contributed by atoms with Gasteiger partial charge in [-0.3, -0.25) is 14.5 Å². The van der Waals surface area contributed by atoms with Gasteiger partial charge < -0.3 is 10.6 Å². The third-order valence-electron chi connectivity index (χ3n) is 5.73. The summed E-state index contributed by atoms with van der Waals surface area (Å²) in [5.41, 5.74) is 6.77. The highest BCUT2D eigenvalue weighted by molar-refractivity contribution is 5.83. The lowest BCUT2D eigenvalue weighted by atomic mass is 9.85. The summed E-state index contributed by atoms with van der Waals surface area (Å²) in [5, 5.41) is 0. The molecule has 1 atom stereocenters. The van der Waals surface area contributed by atoms with Crippen molar-refractivity contribution in [2.24, 2.45) is 11.7 Å². The molecule has 2 amide bonds. The molecule has 5 nitrogen and oxygen atoms in total. The number of benzene rings is 1. The Hall–Kier alpha value is -2.02. The van der Waals surface area contributed by atoms with Crippen LogP contribution in [0.15, 0.2) is 30.3 Å². The lowest BCUT2D eigenvalue weighted by Crippen LogP contribution is -2.60. The van der Waals surface area contributed by atoms with Gasteiger partial charge in [0.05, 0.1) is 0 Å². The molecule has 2 aliphatic rings. The molecule has 0 radical (unpaired) electrons. The summed E-state index contributed by atoms with van der Waals surface area (Å²) in [4.78, 5) is 28.3. The average molecular weight is 379 g/mol. The summed E-state index contributed by atoms with van der Waals surface area (Å²) < 4.78 is 26.7. The number of nitrogens with zero attached hydrogens (tertiary/aromatic N) is 2. The number of alkyl halides is 2. The third-order valence-corrected chi connectivity index (χ3v) is 5.73. The predicted molar refractivity (Wildman–Crippen MR) is 98.2 cm³/mol. The smallest absolute Gasteiger partial charge is 0.248 e. The Kier molecular flexibility index (Phi) is 6.09. The molecule has 2 fully saturated rings. The first-order valence-electron chi connectivity index (χ1n) is 9.60. The normalized spacial score (nSPS) is 23.9. The van der Waals surface area contributed by atoms with E-state index in [4.69, 9.17) is 5.73 Å². The number of carbonyl (C=O) groups is 2. The number of primary amides is 1. The lowest BCUT2D eigenvalue weighted by molar-refractivity contribution is -0.144. The maximum atomic E-state index is 13.3. The van der Waals surface area contributed by atoms with E-state index in [1.807, 2.05) is 35.2 Å². The van der Waals surface area contributed by atoms with Crippen LogP contribution in [0.1, 0.15) is 31.2 Å². The van der Waals surface area contributed by atoms with Crippen LogP contribution >= 0.6 is 0 Å². The Morgan fingerprint density at radius 2 is 1.78 bits per heavy atom. The molecule has 1 aromatic carbocycles. The molecule has 0 aromatic heterocycles. The maximum Gasteiger partial charge on any atom is 0.248 e. The van der Waals surface area contributed by atoms with E-state index >= 15 is 0 Å². The molecule has 2 N–H and O–H groups in total. The Bertz CT molecular complexity index is 658. The highest BCUT2D eigenvalue weighted by Gasteiger charge is 2.40. The fraction of sp³-hybridized carbons (Fsp3) is 0.600. The average Bonchev–Trinajstić information content (AvgIpc) is 2.66. The van der Waals surface area contributed by atoms with Gasteiger partial charge in [-0.2, -0.15) is 0 Å². The van der Waals surface area contributed by atoms with E-state index in [1.165, 1.54) is 5.56 Å². The number of halogens is 2. The topological polar surface area (TPSA) is 66.6 Å². The van der Waals surface area contributed by atoms with Crippen molar-refractivity contribution in [1.82, 2.24) is 9.80 Å². The summed E-state index contributed by atoms with van der Waals surface area (Å²) >= 11 is 0. The van der Waals surface area contributed by atoms with Crippen LogP contribution in [0, 0.1) is 5.92 Å². The van der Waals surface area contributed by atoms with Gasteiger partial charge >= 0.3 is 0 Å². The largest absolute Gasteiger partial charge is 0.368 e. The van der Waals surface area contributed by atoms with E-state index in [-0.39, 0.29) is 44.1 Å². The third kappa shape index (κ3) is 5.03. The van der Waals surface area contributed by atoms with E-state index in [0.29, 0.717) is 19.6 Å². The van der Waals surface area contributed by atoms with Crippen molar-refractivity contribution in [1.29, 1.82) is 0 Å². The molecule has 1 heterocycles. The second-order valence-electron chi connectivity index (χ2n) is 7.60. The Balaban J connectivity index is 1.57. The van der Waals surface area contributed by atoms with Crippen molar-refractivity contribution in [3.63, 3.8) is 0 Å². The van der Waals surface area contributed by atoms with Gasteiger partial charge in [0.15, 0.2) is 0 Å². The van der Waals surface area contributed by atoms with Crippen molar-refractivity contribution < 1.29 is 18.4 Å². The number of carbonyl (C=O) groups excluding carboxylic acids is 2. The van der Waals surface area contributed by atoms with Crippen LogP contribution in [0.4, 0.5) is 8.78 Å². The van der Waals surface area contributed by atoms with Gasteiger partial charge in [0.25, 0.3) is 0 Å². The fourth-order valence-electron chi connectivity index (χ4n) is 4.02. The zero-order chi connectivity index (χ0) is 19.4. The first kappa shape index (κ1) is 19.7. The second kappa shape index (κ2) is 8.33. The molecule has 1 saturated carbocycles. The van der Waals surface area contributed by atoms with E-state index in [0.717, 1.165) is 6.42 Å². The number of hydrogen-bond acceptors (Lipinski definition) is 3. The fourth-order valence-corrected chi connectivity index (χ4v) is 4.02. The molecule has 148 valence electrons. The Morgan fingerprint density at radius 3 is 2.41 bits per heavy atom. The number of amides is 2. The molecule has 7 heteroatoms. The molecule has 0 bridgehead atoms. The highest BCUT2D eigenvalue weighted by Crippen LogP contribution is 2.37. The molecule has 27 heavy (non-hydrogen) atoms. The zero-order valence-corrected chi connectivity index (χ0v) is 15.4. The van der Waals surface area contributed by atoms with Crippen LogP contribution < -0.4 is 5.73 Å². The maximum absolute atomic E-state index is 13.3. The first-order chi connectivity index (χ1) is 12.9. The highest BCUT2D eigenvalue weighted by atomic mass is 19.3. The van der Waals surface area contributed by atoms with E-state index in [1.54, 1.807) is 4.90 Å². The van der Waals surface area contributed by atoms with Crippen LogP contribution in [-0.4, -0.2) is 59.8 Å². The predicted octanol–water partition coefficient (Wildman–Crippen LogP) is 2.05. The van der Waals surface area contributed by atoms with Crippen molar-refractivity contribution in [2.75, 3.05) is 26.2 Å². The summed E-state index contributed by atoms with van der Waals surface area (Å²) in [5.74, 6) is -3.58. The lowest BCUT2D eigenvalue weighted by Gasteiger charge is -2.41. The monoisotopic (exact) mass is 379 g/mol. The van der Waals surface area contributed by atoms with Crippen LogP contribution in [0.5, 0.6) is 0 Å². The van der Waals surface area contributed by atoms with Gasteiger partial charge in [-0.15, -0.1) is 0 Å². The van der Waals surface area contributed by atoms with Gasteiger partial charge in [0.1, 0.15) is 6.04 Å². The van der Waals surface area contributed by atoms with Crippen molar-refractivity contribution in [3.05, 3.63) is 35.9 Å². The minimum atomic E-state index is -2.65. The molecular formula is C20H27F2N3O2. The molecular weight excluding hydrogens is 352 g/mol. The minimum absolute atomic E-state index is 0.112. The number of hydrogen-bond donors (Lipinski definition) is 1. The second-order valence-corrected chi connectivity index (χ2v) is 7.60. The van der Waals surface area contributed by atoms with Crippen molar-refractivity contribution in [2.45, 2.75) is 44.1 Å². The molecule has 1 saturated heterocycles. The number of nitrogens with two attached hydrogens (primary N) is 1. The summed E-state index contributed by atoms with van der Waals surface area (Å²) in [7, 11) is 0. The van der Waals surface area contributed by atoms with Crippen LogP contribution in [0.3, 0.4) is 0 Å². The standard InChI is InChI=1S/C20H27F2N3O2/c21-20(22)9-6-16(7-10-20)19(27)25-13-12-24(17(14-25)18(23)26)11-8-15-4-2-1-3-5-15/h1-5,16-17H,6-14H2,(H2,23,26)/t17-/m1/s1. The number of rotatable bonds is 5. The molecule has 1 aliphatic heterocycles. The first-order valence-corrected chi connectivity index (χ1v) is 9.60.